The van der Waals surface area contributed by atoms with Crippen LogP contribution in [0.25, 0.3) is 92.3 Å². The van der Waals surface area contributed by atoms with Gasteiger partial charge in [-0.3, -0.25) is 4.57 Å². The SMILES string of the molecule is c1ccc(-c2cc(-c3ccccc3)nc(-n3c4ccccc4c4cc(-c5ccccc5)c5sc6c7ccccc7ccc6c5c43)n2)cc1. The average molecular weight is 630 g/mol. The van der Waals surface area contributed by atoms with Gasteiger partial charge in [-0.15, -0.1) is 11.3 Å². The highest BCUT2D eigenvalue weighted by Gasteiger charge is 2.23. The Kier molecular flexibility index (Phi) is 6.05. The third-order valence-corrected chi connectivity index (χ3v) is 10.7. The summed E-state index contributed by atoms with van der Waals surface area (Å²) in [5.41, 5.74) is 8.58. The average Bonchev–Trinajstić information content (AvgIpc) is 3.72. The van der Waals surface area contributed by atoms with Gasteiger partial charge in [0.1, 0.15) is 0 Å². The van der Waals surface area contributed by atoms with Crippen LogP contribution in [0.4, 0.5) is 0 Å². The number of aromatic nitrogens is 3. The second-order valence-electron chi connectivity index (χ2n) is 12.2. The van der Waals surface area contributed by atoms with Crippen molar-refractivity contribution in [3.63, 3.8) is 0 Å². The first-order valence-electron chi connectivity index (χ1n) is 16.2. The Morgan fingerprint density at radius 3 is 1.71 bits per heavy atom. The molecule has 0 saturated heterocycles. The minimum Gasteiger partial charge on any atom is -0.277 e. The van der Waals surface area contributed by atoms with E-state index in [1.165, 1.54) is 52.8 Å². The smallest absolute Gasteiger partial charge is 0.235 e. The van der Waals surface area contributed by atoms with Gasteiger partial charge in [-0.05, 0) is 34.5 Å². The molecule has 0 bridgehead atoms. The number of thiophene rings is 1. The maximum atomic E-state index is 5.33. The van der Waals surface area contributed by atoms with Crippen molar-refractivity contribution >= 4 is 64.1 Å². The molecule has 0 amide bonds. The van der Waals surface area contributed by atoms with Crippen molar-refractivity contribution < 1.29 is 0 Å². The Labute approximate surface area is 281 Å². The van der Waals surface area contributed by atoms with Gasteiger partial charge in [0.05, 0.1) is 22.4 Å². The lowest BCUT2D eigenvalue weighted by Crippen LogP contribution is -2.04. The maximum absolute atomic E-state index is 5.33. The molecule has 4 heteroatoms. The molecule has 0 unspecified atom stereocenters. The maximum Gasteiger partial charge on any atom is 0.235 e. The van der Waals surface area contributed by atoms with E-state index in [1.54, 1.807) is 0 Å². The molecule has 10 aromatic rings. The van der Waals surface area contributed by atoms with Gasteiger partial charge in [-0.2, -0.15) is 0 Å². The van der Waals surface area contributed by atoms with Crippen LogP contribution in [-0.2, 0) is 0 Å². The van der Waals surface area contributed by atoms with E-state index < -0.39 is 0 Å². The molecule has 0 N–H and O–H groups in total. The molecule has 10 rings (SSSR count). The molecule has 0 spiro atoms. The van der Waals surface area contributed by atoms with Crippen LogP contribution in [-0.4, -0.2) is 14.5 Å². The Morgan fingerprint density at radius 1 is 0.438 bits per heavy atom. The molecule has 0 aliphatic heterocycles. The topological polar surface area (TPSA) is 30.7 Å². The first kappa shape index (κ1) is 27.1. The first-order chi connectivity index (χ1) is 23.8. The van der Waals surface area contributed by atoms with Gasteiger partial charge in [-0.1, -0.05) is 146 Å². The van der Waals surface area contributed by atoms with E-state index in [4.69, 9.17) is 9.97 Å². The molecule has 0 fully saturated rings. The zero-order valence-electron chi connectivity index (χ0n) is 25.8. The second kappa shape index (κ2) is 10.7. The predicted molar refractivity (Wildman–Crippen MR) is 203 cm³/mol. The summed E-state index contributed by atoms with van der Waals surface area (Å²) >= 11 is 1.89. The quantitative estimate of drug-likeness (QED) is 0.194. The fraction of sp³-hybridized carbons (Fsp3) is 0. The van der Waals surface area contributed by atoms with Crippen molar-refractivity contribution in [3.05, 3.63) is 164 Å². The van der Waals surface area contributed by atoms with E-state index in [9.17, 15) is 0 Å². The lowest BCUT2D eigenvalue weighted by Gasteiger charge is -2.13. The lowest BCUT2D eigenvalue weighted by atomic mass is 9.98. The number of nitrogens with zero attached hydrogens (tertiary/aromatic N) is 3. The molecule has 0 atom stereocenters. The third kappa shape index (κ3) is 4.13. The molecular formula is C44H27N3S. The van der Waals surface area contributed by atoms with E-state index in [0.717, 1.165) is 33.5 Å². The molecule has 0 saturated carbocycles. The minimum absolute atomic E-state index is 0.662. The van der Waals surface area contributed by atoms with Gasteiger partial charge >= 0.3 is 0 Å². The Bertz CT molecular complexity index is 2760. The number of hydrogen-bond donors (Lipinski definition) is 0. The molecule has 0 radical (unpaired) electrons. The fourth-order valence-corrected chi connectivity index (χ4v) is 8.58. The van der Waals surface area contributed by atoms with Gasteiger partial charge in [0.25, 0.3) is 0 Å². The third-order valence-electron chi connectivity index (χ3n) is 9.40. The summed E-state index contributed by atoms with van der Waals surface area (Å²) < 4.78 is 4.88. The highest BCUT2D eigenvalue weighted by molar-refractivity contribution is 7.27. The van der Waals surface area contributed by atoms with Crippen LogP contribution < -0.4 is 0 Å². The van der Waals surface area contributed by atoms with Crippen LogP contribution in [0.15, 0.2) is 164 Å². The summed E-state index contributed by atoms with van der Waals surface area (Å²) in [5.74, 6) is 0.662. The summed E-state index contributed by atoms with van der Waals surface area (Å²) in [7, 11) is 0. The van der Waals surface area contributed by atoms with Crippen LogP contribution in [0, 0.1) is 0 Å². The molecule has 48 heavy (non-hydrogen) atoms. The predicted octanol–water partition coefficient (Wildman–Crippen LogP) is 12.1. The Morgan fingerprint density at radius 2 is 1.02 bits per heavy atom. The normalized spacial score (nSPS) is 11.8. The minimum atomic E-state index is 0.662. The van der Waals surface area contributed by atoms with Gasteiger partial charge in [0, 0.05) is 47.6 Å². The Balaban J connectivity index is 1.40. The van der Waals surface area contributed by atoms with Crippen LogP contribution in [0.2, 0.25) is 0 Å². The van der Waals surface area contributed by atoms with Crippen LogP contribution >= 0.6 is 11.3 Å². The number of fused-ring (bicyclic) bond motifs is 9. The van der Waals surface area contributed by atoms with Crippen molar-refractivity contribution in [2.75, 3.05) is 0 Å². The lowest BCUT2D eigenvalue weighted by molar-refractivity contribution is 0.998. The zero-order chi connectivity index (χ0) is 31.6. The number of benzene rings is 7. The number of hydrogen-bond acceptors (Lipinski definition) is 3. The zero-order valence-corrected chi connectivity index (χ0v) is 26.7. The fourth-order valence-electron chi connectivity index (χ4n) is 7.21. The summed E-state index contributed by atoms with van der Waals surface area (Å²) in [6, 6.07) is 58.1. The molecule has 224 valence electrons. The van der Waals surface area contributed by atoms with Crippen molar-refractivity contribution in [1.29, 1.82) is 0 Å². The number of para-hydroxylation sites is 1. The van der Waals surface area contributed by atoms with Crippen molar-refractivity contribution in [3.8, 4) is 39.6 Å². The van der Waals surface area contributed by atoms with Gasteiger partial charge in [-0.25, -0.2) is 9.97 Å². The van der Waals surface area contributed by atoms with E-state index in [0.29, 0.717) is 5.95 Å². The molecule has 3 aromatic heterocycles. The van der Waals surface area contributed by atoms with E-state index in [2.05, 4.69) is 156 Å². The Hall–Kier alpha value is -6.10. The summed E-state index contributed by atoms with van der Waals surface area (Å²) in [4.78, 5) is 10.7. The number of rotatable bonds is 4. The molecule has 7 aromatic carbocycles. The van der Waals surface area contributed by atoms with E-state index in [1.807, 2.05) is 23.5 Å². The van der Waals surface area contributed by atoms with Crippen molar-refractivity contribution in [2.45, 2.75) is 0 Å². The highest BCUT2D eigenvalue weighted by Crippen LogP contribution is 2.48. The standard InChI is InChI=1S/C44H27N3S/c1-4-14-28(15-5-1)35-26-36-33-22-12-13-23-39(33)47(41(36)40-34-25-24-29-16-10-11-21-32(29)42(34)48-43(35)40)44-45-37(30-17-6-2-7-18-30)27-38(46-44)31-19-8-3-9-20-31/h1-27H. The molecule has 3 heterocycles. The first-order valence-corrected chi connectivity index (χ1v) is 17.0. The van der Waals surface area contributed by atoms with Gasteiger partial charge < -0.3 is 0 Å². The monoisotopic (exact) mass is 629 g/mol. The molecule has 0 aliphatic rings. The van der Waals surface area contributed by atoms with Gasteiger partial charge in [0.15, 0.2) is 0 Å². The van der Waals surface area contributed by atoms with Crippen LogP contribution in [0.3, 0.4) is 0 Å². The van der Waals surface area contributed by atoms with Crippen molar-refractivity contribution in [2.24, 2.45) is 0 Å². The summed E-state index contributed by atoms with van der Waals surface area (Å²) in [6.45, 7) is 0. The van der Waals surface area contributed by atoms with Crippen LogP contribution in [0.1, 0.15) is 0 Å². The molecule has 0 aliphatic carbocycles. The van der Waals surface area contributed by atoms with Crippen molar-refractivity contribution in [1.82, 2.24) is 14.5 Å². The second-order valence-corrected chi connectivity index (χ2v) is 13.2. The van der Waals surface area contributed by atoms with Crippen LogP contribution in [0.5, 0.6) is 0 Å². The molecular weight excluding hydrogens is 603 g/mol. The largest absolute Gasteiger partial charge is 0.277 e. The van der Waals surface area contributed by atoms with E-state index in [-0.39, 0.29) is 0 Å². The highest BCUT2D eigenvalue weighted by atomic mass is 32.1. The summed E-state index contributed by atoms with van der Waals surface area (Å²) in [6.07, 6.45) is 0. The van der Waals surface area contributed by atoms with E-state index >= 15 is 0 Å². The van der Waals surface area contributed by atoms with Gasteiger partial charge in [0.2, 0.25) is 5.95 Å². The molecule has 3 nitrogen and oxygen atoms in total. The summed E-state index contributed by atoms with van der Waals surface area (Å²) in [5, 5.41) is 7.40.